The number of aliphatic hydroxyl groups excluding tert-OH is 1. The van der Waals surface area contributed by atoms with Crippen LogP contribution in [0.15, 0.2) is 28.7 Å². The van der Waals surface area contributed by atoms with Gasteiger partial charge in [0.15, 0.2) is 0 Å². The van der Waals surface area contributed by atoms with E-state index in [-0.39, 0.29) is 6.42 Å². The smallest absolute Gasteiger partial charge is 0.254 e. The van der Waals surface area contributed by atoms with Gasteiger partial charge in [-0.3, -0.25) is 0 Å². The van der Waals surface area contributed by atoms with Crippen LogP contribution >= 0.6 is 15.9 Å². The van der Waals surface area contributed by atoms with Gasteiger partial charge in [0, 0.05) is 10.9 Å². The lowest BCUT2D eigenvalue weighted by Gasteiger charge is -2.11. The Morgan fingerprint density at radius 1 is 1.43 bits per heavy atom. The molecule has 1 aromatic rings. The minimum Gasteiger partial charge on any atom is -0.388 e. The van der Waals surface area contributed by atoms with Crippen LogP contribution < -0.4 is 0 Å². The second kappa shape index (κ2) is 3.28. The molecule has 2 rings (SSSR count). The van der Waals surface area contributed by atoms with Gasteiger partial charge in [-0.1, -0.05) is 34.1 Å². The van der Waals surface area contributed by atoms with Gasteiger partial charge in [-0.2, -0.15) is 0 Å². The van der Waals surface area contributed by atoms with Crippen molar-refractivity contribution in [3.05, 3.63) is 34.3 Å². The van der Waals surface area contributed by atoms with Crippen molar-refractivity contribution in [2.45, 2.75) is 18.4 Å². The highest BCUT2D eigenvalue weighted by molar-refractivity contribution is 9.10. The Kier molecular flexibility index (Phi) is 2.35. The molecule has 0 saturated heterocycles. The Bertz CT molecular complexity index is 354. The molecular weight excluding hydrogens is 254 g/mol. The molecule has 0 heterocycles. The Morgan fingerprint density at radius 2 is 2.00 bits per heavy atom. The average molecular weight is 263 g/mol. The van der Waals surface area contributed by atoms with E-state index in [0.717, 1.165) is 0 Å². The van der Waals surface area contributed by atoms with Crippen molar-refractivity contribution >= 4 is 15.9 Å². The summed E-state index contributed by atoms with van der Waals surface area (Å²) in [6, 6.07) is 6.90. The summed E-state index contributed by atoms with van der Waals surface area (Å²) in [5.41, 5.74) is 0.537. The van der Waals surface area contributed by atoms with Gasteiger partial charge in [0.25, 0.3) is 5.92 Å². The van der Waals surface area contributed by atoms with Gasteiger partial charge in [-0.05, 0) is 11.6 Å². The Hall–Kier alpha value is -0.480. The third kappa shape index (κ3) is 1.68. The molecule has 0 amide bonds. The summed E-state index contributed by atoms with van der Waals surface area (Å²) in [6.45, 7) is 0. The van der Waals surface area contributed by atoms with Crippen LogP contribution in [0.2, 0.25) is 0 Å². The molecule has 1 fully saturated rings. The van der Waals surface area contributed by atoms with Crippen LogP contribution in [0, 0.1) is 5.92 Å². The van der Waals surface area contributed by atoms with Crippen molar-refractivity contribution in [1.82, 2.24) is 0 Å². The predicted octanol–water partition coefficient (Wildman–Crippen LogP) is 3.14. The van der Waals surface area contributed by atoms with Crippen molar-refractivity contribution in [3.8, 4) is 0 Å². The Morgan fingerprint density at radius 3 is 2.50 bits per heavy atom. The topological polar surface area (TPSA) is 20.2 Å². The van der Waals surface area contributed by atoms with E-state index < -0.39 is 17.9 Å². The van der Waals surface area contributed by atoms with Crippen LogP contribution in [-0.2, 0) is 0 Å². The average Bonchev–Trinajstić information content (AvgIpc) is 2.75. The first-order chi connectivity index (χ1) is 6.52. The van der Waals surface area contributed by atoms with E-state index >= 15 is 0 Å². The van der Waals surface area contributed by atoms with E-state index in [2.05, 4.69) is 15.9 Å². The zero-order valence-electron chi connectivity index (χ0n) is 7.25. The fraction of sp³-hybridized carbons (Fsp3) is 0.400. The van der Waals surface area contributed by atoms with Crippen LogP contribution in [0.4, 0.5) is 8.78 Å². The minimum atomic E-state index is -2.69. The van der Waals surface area contributed by atoms with Crippen molar-refractivity contribution < 1.29 is 13.9 Å². The van der Waals surface area contributed by atoms with E-state index in [0.29, 0.717) is 10.0 Å². The zero-order chi connectivity index (χ0) is 10.3. The Labute approximate surface area is 88.9 Å². The van der Waals surface area contributed by atoms with E-state index in [1.54, 1.807) is 24.3 Å². The number of hydrogen-bond donors (Lipinski definition) is 1. The van der Waals surface area contributed by atoms with Gasteiger partial charge in [0.2, 0.25) is 0 Å². The molecule has 0 aromatic heterocycles. The fourth-order valence-electron chi connectivity index (χ4n) is 1.51. The maximum Gasteiger partial charge on any atom is 0.254 e. The molecule has 0 radical (unpaired) electrons. The van der Waals surface area contributed by atoms with E-state index in [9.17, 15) is 13.9 Å². The monoisotopic (exact) mass is 262 g/mol. The molecule has 0 bridgehead atoms. The summed E-state index contributed by atoms with van der Waals surface area (Å²) in [6.07, 6.45) is -1.28. The van der Waals surface area contributed by atoms with E-state index in [4.69, 9.17) is 0 Å². The lowest BCUT2D eigenvalue weighted by molar-refractivity contribution is 0.0475. The lowest BCUT2D eigenvalue weighted by Crippen LogP contribution is -2.06. The quantitative estimate of drug-likeness (QED) is 0.869. The highest BCUT2D eigenvalue weighted by atomic mass is 79.9. The van der Waals surface area contributed by atoms with Crippen LogP contribution in [-0.4, -0.2) is 11.0 Å². The first-order valence-electron chi connectivity index (χ1n) is 4.32. The highest BCUT2D eigenvalue weighted by Gasteiger charge is 2.60. The van der Waals surface area contributed by atoms with Crippen molar-refractivity contribution in [3.63, 3.8) is 0 Å². The summed E-state index contributed by atoms with van der Waals surface area (Å²) in [5, 5.41) is 9.67. The molecule has 1 aromatic carbocycles. The van der Waals surface area contributed by atoms with Crippen LogP contribution in [0.3, 0.4) is 0 Å². The lowest BCUT2D eigenvalue weighted by atomic mass is 10.1. The van der Waals surface area contributed by atoms with Crippen molar-refractivity contribution in [2.75, 3.05) is 0 Å². The van der Waals surface area contributed by atoms with Crippen LogP contribution in [0.25, 0.3) is 0 Å². The largest absolute Gasteiger partial charge is 0.388 e. The van der Waals surface area contributed by atoms with Gasteiger partial charge in [0.05, 0.1) is 12.0 Å². The van der Waals surface area contributed by atoms with Gasteiger partial charge in [-0.15, -0.1) is 0 Å². The molecule has 1 aliphatic rings. The predicted molar refractivity (Wildman–Crippen MR) is 52.2 cm³/mol. The summed E-state index contributed by atoms with van der Waals surface area (Å²) >= 11 is 3.23. The molecule has 2 atom stereocenters. The summed E-state index contributed by atoms with van der Waals surface area (Å²) in [4.78, 5) is 0. The highest BCUT2D eigenvalue weighted by Crippen LogP contribution is 2.55. The second-order valence-corrected chi connectivity index (χ2v) is 4.39. The molecule has 4 heteroatoms. The van der Waals surface area contributed by atoms with Gasteiger partial charge in [0.1, 0.15) is 0 Å². The molecule has 0 spiro atoms. The molecule has 1 saturated carbocycles. The van der Waals surface area contributed by atoms with E-state index in [1.165, 1.54) is 0 Å². The molecule has 76 valence electrons. The molecule has 1 N–H and O–H groups in total. The number of halogens is 3. The third-order valence-corrected chi connectivity index (χ3v) is 3.20. The van der Waals surface area contributed by atoms with Gasteiger partial charge in [-0.25, -0.2) is 8.78 Å². The standard InChI is InChI=1S/C10H9BrF2O/c11-8-4-2-1-3-6(8)9(14)7-5-10(7,12)13/h1-4,7,9,14H,5H2/t7-,9-/m0/s1. The van der Waals surface area contributed by atoms with Crippen LogP contribution in [0.1, 0.15) is 18.1 Å². The summed E-state index contributed by atoms with van der Waals surface area (Å²) in [5.74, 6) is -3.60. The Balaban J connectivity index is 2.21. The second-order valence-electron chi connectivity index (χ2n) is 3.54. The summed E-state index contributed by atoms with van der Waals surface area (Å²) in [7, 11) is 0. The molecule has 1 nitrogen and oxygen atoms in total. The number of alkyl halides is 2. The minimum absolute atomic E-state index is 0.213. The fourth-order valence-corrected chi connectivity index (χ4v) is 2.03. The van der Waals surface area contributed by atoms with Crippen molar-refractivity contribution in [2.24, 2.45) is 5.92 Å². The zero-order valence-corrected chi connectivity index (χ0v) is 8.84. The first kappa shape index (κ1) is 10.1. The number of hydrogen-bond acceptors (Lipinski definition) is 1. The molecule has 14 heavy (non-hydrogen) atoms. The molecular formula is C10H9BrF2O. The number of benzene rings is 1. The normalized spacial score (nSPS) is 25.9. The first-order valence-corrected chi connectivity index (χ1v) is 5.12. The summed E-state index contributed by atoms with van der Waals surface area (Å²) < 4.78 is 26.1. The van der Waals surface area contributed by atoms with Crippen LogP contribution in [0.5, 0.6) is 0 Å². The van der Waals surface area contributed by atoms with E-state index in [1.807, 2.05) is 0 Å². The molecule has 0 aliphatic heterocycles. The maximum absolute atomic E-state index is 12.7. The van der Waals surface area contributed by atoms with Gasteiger partial charge < -0.3 is 5.11 Å². The third-order valence-electron chi connectivity index (χ3n) is 2.48. The van der Waals surface area contributed by atoms with Gasteiger partial charge >= 0.3 is 0 Å². The molecule has 1 aliphatic carbocycles. The van der Waals surface area contributed by atoms with Crippen molar-refractivity contribution in [1.29, 1.82) is 0 Å². The maximum atomic E-state index is 12.7. The number of rotatable bonds is 2. The SMILES string of the molecule is O[C@@H](c1ccccc1Br)[C@@H]1CC1(F)F. The number of aliphatic hydroxyl groups is 1. The molecule has 0 unspecified atom stereocenters.